The Morgan fingerprint density at radius 2 is 0.808 bits per heavy atom. The van der Waals surface area contributed by atoms with Gasteiger partial charge in [-0.3, -0.25) is 9.59 Å². The van der Waals surface area contributed by atoms with Crippen LogP contribution in [0.25, 0.3) is 0 Å². The van der Waals surface area contributed by atoms with E-state index in [-0.39, 0.29) is 36.1 Å². The van der Waals surface area contributed by atoms with Crippen LogP contribution in [0.2, 0.25) is 0 Å². The summed E-state index contributed by atoms with van der Waals surface area (Å²) in [6.45, 7) is 67.9. The molecule has 0 unspecified atom stereocenters. The van der Waals surface area contributed by atoms with Crippen molar-refractivity contribution in [3.8, 4) is 0 Å². The monoisotopic (exact) mass is 1450 g/mol. The quantitative estimate of drug-likeness (QED) is 0.0291. The van der Waals surface area contributed by atoms with Gasteiger partial charge in [-0.2, -0.15) is 24.9 Å². The summed E-state index contributed by atoms with van der Waals surface area (Å²) in [5.74, 6) is 11.5. The molecule has 0 aliphatic heterocycles. The number of thioether (sulfide) groups is 1. The normalized spacial score (nSPS) is 15.3. The molecule has 0 aromatic heterocycles. The molecule has 1 amide bonds. The van der Waals surface area contributed by atoms with Crippen molar-refractivity contribution in [1.29, 1.82) is 0 Å². The first-order chi connectivity index (χ1) is 45.9. The van der Waals surface area contributed by atoms with Crippen LogP contribution in [0.1, 0.15) is 337 Å². The molecule has 11 atom stereocenters. The predicted molar refractivity (Wildman–Crippen MR) is 432 cm³/mol. The number of halogens is 3. The number of amides is 1. The molecule has 0 spiro atoms. The number of unbranched alkanes of at least 4 members (excludes halogenated alkanes) is 1. The van der Waals surface area contributed by atoms with Crippen LogP contribution in [0.3, 0.4) is 0 Å². The highest BCUT2D eigenvalue weighted by Gasteiger charge is 2.40. The maximum atomic E-state index is 12.2. The van der Waals surface area contributed by atoms with Crippen LogP contribution in [0, 0.1) is 136 Å². The first kappa shape index (κ1) is 116. The largest absolute Gasteiger partial charge is 0.469 e. The third kappa shape index (κ3) is 76.3. The number of aliphatic hydroxyl groups is 6. The summed E-state index contributed by atoms with van der Waals surface area (Å²) >= 11 is 1.85. The number of esters is 1. The third-order valence-electron chi connectivity index (χ3n) is 20.1. The zero-order chi connectivity index (χ0) is 79.7. The average Bonchev–Trinajstić information content (AvgIpc) is 1.15. The lowest BCUT2D eigenvalue weighted by Crippen LogP contribution is -2.27. The lowest BCUT2D eigenvalue weighted by atomic mass is 9.84. The van der Waals surface area contributed by atoms with E-state index < -0.39 is 12.1 Å². The number of primary amides is 1. The van der Waals surface area contributed by atoms with Gasteiger partial charge in [0.15, 0.2) is 0 Å². The number of carbonyl (C=O) groups excluding carboxylic acids is 2. The van der Waals surface area contributed by atoms with Crippen LogP contribution in [-0.2, 0) is 14.3 Å². The van der Waals surface area contributed by atoms with Gasteiger partial charge in [0.2, 0.25) is 5.91 Å². The van der Waals surface area contributed by atoms with E-state index in [0.29, 0.717) is 141 Å². The maximum absolute atomic E-state index is 12.2. The first-order valence-corrected chi connectivity index (χ1v) is 41.9. The summed E-state index contributed by atoms with van der Waals surface area (Å²) in [5, 5.41) is 53.6. The number of methoxy groups -OCH3 is 1. The molecule has 1 saturated carbocycles. The van der Waals surface area contributed by atoms with Gasteiger partial charge in [-0.1, -0.05) is 285 Å². The van der Waals surface area contributed by atoms with Gasteiger partial charge in [0.25, 0.3) is 0 Å². The molecule has 14 heteroatoms. The zero-order valence-corrected chi connectivity index (χ0v) is 73.0. The van der Waals surface area contributed by atoms with Gasteiger partial charge in [-0.15, -0.1) is 0 Å². The average molecular weight is 1450 g/mol. The molecule has 10 nitrogen and oxygen atoms in total. The summed E-state index contributed by atoms with van der Waals surface area (Å²) in [4.78, 5) is 21.9. The molecule has 0 heterocycles. The first-order valence-electron chi connectivity index (χ1n) is 40.5. The highest BCUT2D eigenvalue weighted by Crippen LogP contribution is 2.37. The Morgan fingerprint density at radius 3 is 0.990 bits per heavy atom. The lowest BCUT2D eigenvalue weighted by Gasteiger charge is -2.24. The molecule has 99 heavy (non-hydrogen) atoms. The van der Waals surface area contributed by atoms with Gasteiger partial charge < -0.3 is 41.1 Å². The number of hydrogen-bond acceptors (Lipinski definition) is 10. The summed E-state index contributed by atoms with van der Waals surface area (Å²) in [7, 11) is 1.45. The number of aliphatic hydroxyl groups excluding tert-OH is 6. The van der Waals surface area contributed by atoms with Crippen LogP contribution in [-0.4, -0.2) is 107 Å². The van der Waals surface area contributed by atoms with E-state index in [0.717, 1.165) is 62.7 Å². The molecule has 0 aromatic rings. The van der Waals surface area contributed by atoms with Crippen LogP contribution in [0.4, 0.5) is 13.2 Å². The van der Waals surface area contributed by atoms with E-state index in [1.54, 1.807) is 20.8 Å². The predicted octanol–water partition coefficient (Wildman–Crippen LogP) is 23.6. The van der Waals surface area contributed by atoms with E-state index >= 15 is 0 Å². The Morgan fingerprint density at radius 1 is 0.434 bits per heavy atom. The second-order valence-electron chi connectivity index (χ2n) is 32.8. The molecular formula is C85H182F3NO9S. The summed E-state index contributed by atoms with van der Waals surface area (Å²) < 4.78 is 41.2. The molecule has 0 radical (unpaired) electrons. The molecule has 1 aliphatic carbocycles. The minimum atomic E-state index is -4.01. The maximum Gasteiger partial charge on any atom is 0.392 e. The molecular weight excluding hydrogens is 1270 g/mol. The summed E-state index contributed by atoms with van der Waals surface area (Å²) in [5.41, 5.74) is 5.18. The Kier molecular flexibility index (Phi) is 89.8. The Hall–Kier alpha value is -1.16. The van der Waals surface area contributed by atoms with Crippen molar-refractivity contribution < 1.29 is 58.1 Å². The minimum absolute atomic E-state index is 0.0677. The van der Waals surface area contributed by atoms with Crippen molar-refractivity contribution in [1.82, 2.24) is 0 Å². The number of hydrogen-bond donors (Lipinski definition) is 7. The molecule has 8 N–H and O–H groups in total. The standard InChI is InChI=1S/C9H18O2.C9H18O.3C9H20O.C8H15F3.C8H17NO.C8H18OS.C8H18O.C8H18/c1-5-6-8(7(2)3)9(10)11-4;1-7(2)9(6-10)5-8-3-4-8;1-7(2)5-9(6-10)8(3)4;1-5-8(4)9(6-10)7(2)3;1-4-5-6-9(7-10)8(2)3;1-4-5-7(6(2)3)8(9,10)11;1-4-5-7(6(2)3)8(9)10;1-7(2)8(6-9)4-5-10-3;1-4-5-8(6-9)7(2)3;1-5-6-8(4)7(2)3/h7-8H,5-6H2,1-4H3;7-10H,3-6H2,1-2H3;2*7-10H,5-6H2,1-4H3;8-10H,4-7H2,1-3H3;6-7H,4-5H2,1-3H3;6-7H,4-5H2,1-3H3,(H2,9,10);7-9H,4-6H2,1-3H3;7-9H,4-6H2,1-3H3;7-8H,5-6H2,1-4H3/t8-;2*9-;8-,9+;9-;2*7-;3*8-/m0110100110/s1. The third-order valence-corrected chi connectivity index (χ3v) is 20.7. The Balaban J connectivity index is -0.000000130. The number of ether oxygens (including phenoxy) is 1. The van der Waals surface area contributed by atoms with Crippen LogP contribution >= 0.6 is 11.8 Å². The minimum Gasteiger partial charge on any atom is -0.469 e. The topological polar surface area (TPSA) is 191 Å². The number of carbonyl (C=O) groups is 2. The van der Waals surface area contributed by atoms with Crippen molar-refractivity contribution >= 4 is 23.6 Å². The summed E-state index contributed by atoms with van der Waals surface area (Å²) in [6.07, 6.45) is 19.2. The fourth-order valence-corrected chi connectivity index (χ4v) is 11.7. The van der Waals surface area contributed by atoms with Gasteiger partial charge >= 0.3 is 12.1 Å². The zero-order valence-electron chi connectivity index (χ0n) is 72.2. The van der Waals surface area contributed by atoms with Gasteiger partial charge in [0, 0.05) is 45.6 Å². The molecule has 1 aliphatic rings. The number of nitrogens with two attached hydrogens (primary N) is 1. The fourth-order valence-electron chi connectivity index (χ4n) is 11.1. The second-order valence-corrected chi connectivity index (χ2v) is 33.8. The van der Waals surface area contributed by atoms with E-state index in [9.17, 15) is 22.8 Å². The molecule has 608 valence electrons. The smallest absolute Gasteiger partial charge is 0.392 e. The number of alkyl halides is 3. The van der Waals surface area contributed by atoms with Crippen molar-refractivity contribution in [3.05, 3.63) is 0 Å². The second kappa shape index (κ2) is 76.5. The van der Waals surface area contributed by atoms with E-state index in [2.05, 4.69) is 191 Å². The van der Waals surface area contributed by atoms with Gasteiger partial charge in [-0.05, 0) is 182 Å². The van der Waals surface area contributed by atoms with Crippen molar-refractivity contribution in [3.63, 3.8) is 0 Å². The van der Waals surface area contributed by atoms with E-state index in [4.69, 9.17) is 36.4 Å². The van der Waals surface area contributed by atoms with Crippen LogP contribution in [0.15, 0.2) is 0 Å². The van der Waals surface area contributed by atoms with Gasteiger partial charge in [0.1, 0.15) is 0 Å². The Labute approximate surface area is 622 Å². The fraction of sp³-hybridized carbons (Fsp3) is 0.976. The van der Waals surface area contributed by atoms with Crippen LogP contribution in [0.5, 0.6) is 0 Å². The molecule has 0 bridgehead atoms. The molecule has 0 aromatic carbocycles. The number of rotatable bonds is 40. The van der Waals surface area contributed by atoms with E-state index in [1.165, 1.54) is 77.1 Å². The Bertz CT molecular complexity index is 1570. The summed E-state index contributed by atoms with van der Waals surface area (Å²) in [6, 6.07) is 0. The van der Waals surface area contributed by atoms with Crippen molar-refractivity contribution in [2.24, 2.45) is 142 Å². The lowest BCUT2D eigenvalue weighted by molar-refractivity contribution is -0.187. The van der Waals surface area contributed by atoms with Crippen molar-refractivity contribution in [2.75, 3.05) is 58.8 Å². The van der Waals surface area contributed by atoms with Gasteiger partial charge in [-0.25, -0.2) is 0 Å². The highest BCUT2D eigenvalue weighted by atomic mass is 32.2. The molecule has 1 rings (SSSR count). The van der Waals surface area contributed by atoms with Crippen molar-refractivity contribution in [2.45, 2.75) is 343 Å². The molecule has 1 fully saturated rings. The van der Waals surface area contributed by atoms with Gasteiger partial charge in [0.05, 0.1) is 18.9 Å². The van der Waals surface area contributed by atoms with E-state index in [1.807, 2.05) is 25.6 Å². The highest BCUT2D eigenvalue weighted by molar-refractivity contribution is 7.98. The van der Waals surface area contributed by atoms with Crippen LogP contribution < -0.4 is 5.73 Å². The molecule has 0 saturated heterocycles. The SMILES string of the molecule is CC(C)C[C@H](CO)C(C)C.CC(C)[C@@H](CO)CC1CC1.CCCC[C@H](CO)C(C)C.CCC[C@@H](C(C)C)C(F)(F)F.CCC[C@H](C(=O)OC)C(C)C.CCC[C@H](C(N)=O)C(C)C.CCC[C@H](C)C(C)C.CCC[C@H](CO)C(C)C.CC[C@H](C)[C@H](CO)C(C)C.CSCC[C@H](CO)C(C)C.